The zero-order valence-corrected chi connectivity index (χ0v) is 8.38. The fourth-order valence-electron chi connectivity index (χ4n) is 1.65. The van der Waals surface area contributed by atoms with Crippen molar-refractivity contribution in [2.24, 2.45) is 0 Å². The molecule has 1 fully saturated rings. The van der Waals surface area contributed by atoms with Crippen molar-refractivity contribution in [2.45, 2.75) is 31.2 Å². The molecule has 0 radical (unpaired) electrons. The van der Waals surface area contributed by atoms with Crippen LogP contribution < -0.4 is 0 Å². The Morgan fingerprint density at radius 1 is 1.54 bits per heavy atom. The largest absolute Gasteiger partial charge is 0.466 e. The number of ether oxygens (including phenoxy) is 1. The van der Waals surface area contributed by atoms with Crippen LogP contribution in [0.5, 0.6) is 0 Å². The van der Waals surface area contributed by atoms with Crippen molar-refractivity contribution in [3.8, 4) is 0 Å². The van der Waals surface area contributed by atoms with Gasteiger partial charge in [0.25, 0.3) is 0 Å². The van der Waals surface area contributed by atoms with Crippen molar-refractivity contribution in [1.82, 2.24) is 0 Å². The topological polar surface area (TPSA) is 22.4 Å². The third kappa shape index (κ3) is 1.89. The number of rotatable bonds is 1. The second-order valence-electron chi connectivity index (χ2n) is 3.45. The molecule has 0 amide bonds. The highest BCUT2D eigenvalue weighted by Crippen LogP contribution is 2.32. The fraction of sp³-hybridized carbons (Fsp3) is 0.600. The summed E-state index contributed by atoms with van der Waals surface area (Å²) in [5.74, 6) is 0.936. The highest BCUT2D eigenvalue weighted by molar-refractivity contribution is 6.20. The summed E-state index contributed by atoms with van der Waals surface area (Å²) in [7, 11) is 0. The second kappa shape index (κ2) is 3.72. The predicted octanol–water partition coefficient (Wildman–Crippen LogP) is 3.05. The molecule has 0 bridgehead atoms. The van der Waals surface area contributed by atoms with Gasteiger partial charge in [0.15, 0.2) is 0 Å². The van der Waals surface area contributed by atoms with Gasteiger partial charge in [-0.3, -0.25) is 0 Å². The van der Waals surface area contributed by atoms with Gasteiger partial charge in [-0.25, -0.2) is 0 Å². The fourth-order valence-corrected chi connectivity index (χ4v) is 1.90. The van der Waals surface area contributed by atoms with Gasteiger partial charge in [0.2, 0.25) is 0 Å². The Morgan fingerprint density at radius 3 is 3.00 bits per heavy atom. The van der Waals surface area contributed by atoms with Crippen molar-refractivity contribution in [3.05, 3.63) is 23.7 Å². The first-order chi connectivity index (χ1) is 6.27. The average Bonchev–Trinajstić information content (AvgIpc) is 2.51. The quantitative estimate of drug-likeness (QED) is 0.651. The lowest BCUT2D eigenvalue weighted by Crippen LogP contribution is -2.19. The molecule has 1 aromatic heterocycles. The Labute approximate surface area is 82.8 Å². The summed E-state index contributed by atoms with van der Waals surface area (Å²) in [4.78, 5) is 0. The molecule has 1 aliphatic rings. The van der Waals surface area contributed by atoms with E-state index in [0.717, 1.165) is 30.8 Å². The summed E-state index contributed by atoms with van der Waals surface area (Å²) in [5, 5.41) is 0.225. The zero-order chi connectivity index (χ0) is 9.26. The monoisotopic (exact) mass is 200 g/mol. The minimum atomic E-state index is 0.0613. The SMILES string of the molecule is Cc1ccoc1C1CC(Cl)CCO1. The molecule has 72 valence electrons. The summed E-state index contributed by atoms with van der Waals surface area (Å²) in [5.41, 5.74) is 1.15. The van der Waals surface area contributed by atoms with E-state index in [2.05, 4.69) is 0 Å². The molecule has 0 spiro atoms. The van der Waals surface area contributed by atoms with E-state index in [1.165, 1.54) is 0 Å². The van der Waals surface area contributed by atoms with Crippen LogP contribution in [0, 0.1) is 6.92 Å². The van der Waals surface area contributed by atoms with Crippen LogP contribution in [0.15, 0.2) is 16.7 Å². The van der Waals surface area contributed by atoms with Crippen molar-refractivity contribution >= 4 is 11.6 Å². The van der Waals surface area contributed by atoms with Gasteiger partial charge in [-0.05, 0) is 31.4 Å². The number of hydrogen-bond acceptors (Lipinski definition) is 2. The molecule has 3 heteroatoms. The minimum absolute atomic E-state index is 0.0613. The smallest absolute Gasteiger partial charge is 0.135 e. The molecule has 2 atom stereocenters. The minimum Gasteiger partial charge on any atom is -0.466 e. The van der Waals surface area contributed by atoms with Crippen LogP contribution in [-0.2, 0) is 4.74 Å². The Bertz CT molecular complexity index is 282. The van der Waals surface area contributed by atoms with E-state index in [9.17, 15) is 0 Å². The summed E-state index contributed by atoms with van der Waals surface area (Å²) in [6, 6.07) is 1.95. The van der Waals surface area contributed by atoms with Gasteiger partial charge in [-0.15, -0.1) is 11.6 Å². The number of furan rings is 1. The van der Waals surface area contributed by atoms with Crippen LogP contribution in [0.2, 0.25) is 0 Å². The van der Waals surface area contributed by atoms with E-state index in [1.54, 1.807) is 6.26 Å². The van der Waals surface area contributed by atoms with Crippen molar-refractivity contribution in [2.75, 3.05) is 6.61 Å². The highest BCUT2D eigenvalue weighted by atomic mass is 35.5. The summed E-state index contributed by atoms with van der Waals surface area (Å²) in [6.07, 6.45) is 3.56. The maximum Gasteiger partial charge on any atom is 0.135 e. The molecule has 2 rings (SSSR count). The zero-order valence-electron chi connectivity index (χ0n) is 7.63. The maximum atomic E-state index is 6.06. The van der Waals surface area contributed by atoms with E-state index in [4.69, 9.17) is 20.8 Å². The first-order valence-corrected chi connectivity index (χ1v) is 5.00. The van der Waals surface area contributed by atoms with Gasteiger partial charge in [-0.2, -0.15) is 0 Å². The normalized spacial score (nSPS) is 29.1. The average molecular weight is 201 g/mol. The number of aryl methyl sites for hydroxylation is 1. The molecular weight excluding hydrogens is 188 g/mol. The van der Waals surface area contributed by atoms with Crippen LogP contribution in [0.1, 0.15) is 30.3 Å². The van der Waals surface area contributed by atoms with Gasteiger partial charge in [0.05, 0.1) is 6.26 Å². The van der Waals surface area contributed by atoms with Crippen LogP contribution in [0.4, 0.5) is 0 Å². The molecule has 0 saturated carbocycles. The molecule has 13 heavy (non-hydrogen) atoms. The molecule has 0 N–H and O–H groups in total. The van der Waals surface area contributed by atoms with Gasteiger partial charge < -0.3 is 9.15 Å². The molecule has 2 unspecified atom stereocenters. The highest BCUT2D eigenvalue weighted by Gasteiger charge is 2.25. The van der Waals surface area contributed by atoms with Gasteiger partial charge in [0, 0.05) is 12.0 Å². The first-order valence-electron chi connectivity index (χ1n) is 4.57. The molecule has 2 nitrogen and oxygen atoms in total. The van der Waals surface area contributed by atoms with Crippen LogP contribution in [0.25, 0.3) is 0 Å². The molecule has 0 aromatic carbocycles. The van der Waals surface area contributed by atoms with E-state index >= 15 is 0 Å². The number of halogens is 1. The van der Waals surface area contributed by atoms with Crippen molar-refractivity contribution in [1.29, 1.82) is 0 Å². The maximum absolute atomic E-state index is 6.06. The lowest BCUT2D eigenvalue weighted by Gasteiger charge is -2.24. The number of alkyl halides is 1. The Kier molecular flexibility index (Phi) is 2.61. The van der Waals surface area contributed by atoms with E-state index in [1.807, 2.05) is 13.0 Å². The van der Waals surface area contributed by atoms with Crippen LogP contribution >= 0.6 is 11.6 Å². The molecule has 1 aromatic rings. The predicted molar refractivity (Wildman–Crippen MR) is 51.0 cm³/mol. The Morgan fingerprint density at radius 2 is 2.38 bits per heavy atom. The van der Waals surface area contributed by atoms with E-state index in [-0.39, 0.29) is 11.5 Å². The standard InChI is InChI=1S/C10H13ClO2/c1-7-2-4-13-10(7)9-6-8(11)3-5-12-9/h2,4,8-9H,3,5-6H2,1H3. The Balaban J connectivity index is 2.12. The molecular formula is C10H13ClO2. The molecule has 2 heterocycles. The van der Waals surface area contributed by atoms with Gasteiger partial charge in [0.1, 0.15) is 11.9 Å². The third-order valence-electron chi connectivity index (χ3n) is 2.41. The van der Waals surface area contributed by atoms with E-state index in [0.29, 0.717) is 0 Å². The lowest BCUT2D eigenvalue weighted by molar-refractivity contribution is 0.00323. The Hall–Kier alpha value is -0.470. The lowest BCUT2D eigenvalue weighted by atomic mass is 10.0. The van der Waals surface area contributed by atoms with Crippen LogP contribution in [0.3, 0.4) is 0 Å². The third-order valence-corrected chi connectivity index (χ3v) is 2.81. The van der Waals surface area contributed by atoms with Crippen molar-refractivity contribution in [3.63, 3.8) is 0 Å². The van der Waals surface area contributed by atoms with Crippen LogP contribution in [-0.4, -0.2) is 12.0 Å². The second-order valence-corrected chi connectivity index (χ2v) is 4.07. The summed E-state index contributed by atoms with van der Waals surface area (Å²) >= 11 is 6.06. The van der Waals surface area contributed by atoms with E-state index < -0.39 is 0 Å². The van der Waals surface area contributed by atoms with Crippen molar-refractivity contribution < 1.29 is 9.15 Å². The summed E-state index contributed by atoms with van der Waals surface area (Å²) < 4.78 is 11.0. The molecule has 1 saturated heterocycles. The molecule has 0 aliphatic carbocycles. The number of hydrogen-bond donors (Lipinski definition) is 0. The van der Waals surface area contributed by atoms with Gasteiger partial charge >= 0.3 is 0 Å². The van der Waals surface area contributed by atoms with Gasteiger partial charge in [-0.1, -0.05) is 0 Å². The summed E-state index contributed by atoms with van der Waals surface area (Å²) in [6.45, 7) is 2.76. The first kappa shape index (κ1) is 9.10. The molecule has 1 aliphatic heterocycles.